The highest BCUT2D eigenvalue weighted by molar-refractivity contribution is 6.33. The van der Waals surface area contributed by atoms with Gasteiger partial charge >= 0.3 is 6.36 Å². The molecule has 0 radical (unpaired) electrons. The van der Waals surface area contributed by atoms with Crippen LogP contribution in [0, 0.1) is 0 Å². The molecule has 2 aromatic heterocycles. The molecule has 0 amide bonds. The van der Waals surface area contributed by atoms with Crippen LogP contribution in [0.25, 0.3) is 22.4 Å². The molecule has 1 aromatic carbocycles. The first-order valence-electron chi connectivity index (χ1n) is 8.61. The van der Waals surface area contributed by atoms with Crippen molar-refractivity contribution in [2.45, 2.75) is 19.3 Å². The fourth-order valence-corrected chi connectivity index (χ4v) is 3.43. The molecule has 10 heteroatoms. The van der Waals surface area contributed by atoms with Crippen molar-refractivity contribution in [1.82, 2.24) is 15.3 Å². The average molecular weight is 413 g/mol. The number of ether oxygens (including phenoxy) is 1. The van der Waals surface area contributed by atoms with E-state index in [2.05, 4.69) is 20.0 Å². The molecule has 6 nitrogen and oxygen atoms in total. The van der Waals surface area contributed by atoms with Crippen molar-refractivity contribution >= 4 is 28.7 Å². The molecule has 0 bridgehead atoms. The van der Waals surface area contributed by atoms with Gasteiger partial charge in [0.25, 0.3) is 6.01 Å². The summed E-state index contributed by atoms with van der Waals surface area (Å²) in [6.07, 6.45) is -3.34. The predicted molar refractivity (Wildman–Crippen MR) is 98.6 cm³/mol. The highest BCUT2D eigenvalue weighted by atomic mass is 35.5. The lowest BCUT2D eigenvalue weighted by Crippen LogP contribution is -2.50. The number of anilines is 1. The average Bonchev–Trinajstić information content (AvgIpc) is 3.09. The Labute approximate surface area is 163 Å². The number of oxazole rings is 1. The van der Waals surface area contributed by atoms with Crippen molar-refractivity contribution in [2.75, 3.05) is 24.5 Å². The van der Waals surface area contributed by atoms with Crippen LogP contribution in [0.1, 0.15) is 6.92 Å². The molecule has 1 N–H and O–H groups in total. The number of hydrogen-bond acceptors (Lipinski definition) is 6. The predicted octanol–water partition coefficient (Wildman–Crippen LogP) is 4.24. The van der Waals surface area contributed by atoms with Gasteiger partial charge in [-0.05, 0) is 25.1 Å². The number of rotatable bonds is 3. The van der Waals surface area contributed by atoms with E-state index >= 15 is 0 Å². The summed E-state index contributed by atoms with van der Waals surface area (Å²) in [5, 5.41) is 3.02. The molecular formula is C18H16ClF3N4O2. The van der Waals surface area contributed by atoms with Gasteiger partial charge in [-0.1, -0.05) is 17.7 Å². The van der Waals surface area contributed by atoms with Crippen molar-refractivity contribution in [1.29, 1.82) is 0 Å². The minimum absolute atomic E-state index is 0.0579. The topological polar surface area (TPSA) is 63.4 Å². The third-order valence-corrected chi connectivity index (χ3v) is 4.75. The van der Waals surface area contributed by atoms with E-state index in [1.54, 1.807) is 24.4 Å². The van der Waals surface area contributed by atoms with Gasteiger partial charge in [-0.3, -0.25) is 4.98 Å². The molecule has 0 aliphatic carbocycles. The van der Waals surface area contributed by atoms with Crippen LogP contribution in [0.5, 0.6) is 5.75 Å². The van der Waals surface area contributed by atoms with Crippen molar-refractivity contribution < 1.29 is 22.3 Å². The van der Waals surface area contributed by atoms with E-state index < -0.39 is 12.1 Å². The van der Waals surface area contributed by atoms with E-state index in [4.69, 9.17) is 16.0 Å². The zero-order valence-electron chi connectivity index (χ0n) is 14.8. The first-order chi connectivity index (χ1) is 13.3. The van der Waals surface area contributed by atoms with Crippen LogP contribution in [0.2, 0.25) is 5.02 Å². The molecule has 0 unspecified atom stereocenters. The Kier molecular flexibility index (Phi) is 4.80. The maximum absolute atomic E-state index is 12.9. The minimum Gasteiger partial charge on any atom is -0.423 e. The Morgan fingerprint density at radius 2 is 2.18 bits per heavy atom. The summed E-state index contributed by atoms with van der Waals surface area (Å²) in [5.74, 6) is -0.582. The fraction of sp³-hybridized carbons (Fsp3) is 0.333. The maximum Gasteiger partial charge on any atom is 0.573 e. The monoisotopic (exact) mass is 412 g/mol. The Hall–Kier alpha value is -2.52. The summed E-state index contributed by atoms with van der Waals surface area (Å²) in [6, 6.07) is 6.84. The van der Waals surface area contributed by atoms with Crippen LogP contribution in [0.4, 0.5) is 19.2 Å². The molecule has 1 fully saturated rings. The second-order valence-corrected chi connectivity index (χ2v) is 6.83. The molecule has 1 saturated heterocycles. The second-order valence-electron chi connectivity index (χ2n) is 6.42. The molecule has 0 saturated carbocycles. The summed E-state index contributed by atoms with van der Waals surface area (Å²) in [5.41, 5.74) is 0.995. The quantitative estimate of drug-likeness (QED) is 0.694. The molecule has 1 aliphatic heterocycles. The standard InChI is InChI=1S/C18H16ClF3N4O2/c1-10-9-23-6-7-26(10)17-25-14-15(27-17)11(13-4-2-3-5-24-13)8-12(19)16(14)28-18(20,21)22/h2-5,8,10,23H,6-7,9H2,1H3/t10-/m0/s1. The number of fused-ring (bicyclic) bond motifs is 1. The molecule has 148 valence electrons. The molecule has 1 aliphatic rings. The molecular weight excluding hydrogens is 397 g/mol. The van der Waals surface area contributed by atoms with Gasteiger partial charge < -0.3 is 19.4 Å². The van der Waals surface area contributed by atoms with Gasteiger partial charge in [-0.15, -0.1) is 13.2 Å². The zero-order chi connectivity index (χ0) is 19.9. The van der Waals surface area contributed by atoms with E-state index in [1.807, 2.05) is 11.8 Å². The summed E-state index contributed by atoms with van der Waals surface area (Å²) in [4.78, 5) is 10.5. The number of pyridine rings is 1. The molecule has 1 atom stereocenters. The Bertz CT molecular complexity index is 994. The Morgan fingerprint density at radius 1 is 1.36 bits per heavy atom. The van der Waals surface area contributed by atoms with Gasteiger partial charge in [-0.2, -0.15) is 4.98 Å². The lowest BCUT2D eigenvalue weighted by Gasteiger charge is -2.32. The number of aromatic nitrogens is 2. The van der Waals surface area contributed by atoms with E-state index in [0.717, 1.165) is 0 Å². The molecule has 28 heavy (non-hydrogen) atoms. The Morgan fingerprint density at radius 3 is 2.86 bits per heavy atom. The van der Waals surface area contributed by atoms with Crippen LogP contribution in [-0.2, 0) is 0 Å². The lowest BCUT2D eigenvalue weighted by molar-refractivity contribution is -0.274. The fourth-order valence-electron chi connectivity index (χ4n) is 3.19. The van der Waals surface area contributed by atoms with E-state index in [9.17, 15) is 13.2 Å². The second kappa shape index (κ2) is 7.14. The van der Waals surface area contributed by atoms with Crippen molar-refractivity contribution in [3.05, 3.63) is 35.5 Å². The van der Waals surface area contributed by atoms with Crippen molar-refractivity contribution in [2.24, 2.45) is 0 Å². The summed E-state index contributed by atoms with van der Waals surface area (Å²) in [6.45, 7) is 4.00. The number of hydrogen-bond donors (Lipinski definition) is 1. The summed E-state index contributed by atoms with van der Waals surface area (Å²) in [7, 11) is 0. The largest absolute Gasteiger partial charge is 0.573 e. The molecule has 0 spiro atoms. The van der Waals surface area contributed by atoms with Crippen LogP contribution in [-0.4, -0.2) is 42.0 Å². The number of halogens is 4. The number of alkyl halides is 3. The highest BCUT2D eigenvalue weighted by Crippen LogP contribution is 2.43. The molecule has 3 aromatic rings. The lowest BCUT2D eigenvalue weighted by atomic mass is 10.1. The molecule has 3 heterocycles. The van der Waals surface area contributed by atoms with Crippen LogP contribution < -0.4 is 15.0 Å². The summed E-state index contributed by atoms with van der Waals surface area (Å²) < 4.78 is 48.9. The molecule has 4 rings (SSSR count). The van der Waals surface area contributed by atoms with E-state index in [-0.39, 0.29) is 28.2 Å². The van der Waals surface area contributed by atoms with Crippen LogP contribution in [0.15, 0.2) is 34.9 Å². The van der Waals surface area contributed by atoms with Gasteiger partial charge in [0.1, 0.15) is 0 Å². The number of nitrogens with one attached hydrogen (secondary N) is 1. The van der Waals surface area contributed by atoms with Crippen molar-refractivity contribution in [3.8, 4) is 17.0 Å². The normalized spacial score (nSPS) is 17.9. The third kappa shape index (κ3) is 3.59. The van der Waals surface area contributed by atoms with Gasteiger partial charge in [0.2, 0.25) is 0 Å². The van der Waals surface area contributed by atoms with E-state index in [1.165, 1.54) is 6.07 Å². The van der Waals surface area contributed by atoms with Crippen molar-refractivity contribution in [3.63, 3.8) is 0 Å². The Balaban J connectivity index is 1.92. The zero-order valence-corrected chi connectivity index (χ0v) is 15.5. The third-order valence-electron chi connectivity index (χ3n) is 4.47. The smallest absolute Gasteiger partial charge is 0.423 e. The number of benzene rings is 1. The van der Waals surface area contributed by atoms with Gasteiger partial charge in [0, 0.05) is 37.4 Å². The first-order valence-corrected chi connectivity index (χ1v) is 8.99. The summed E-state index contributed by atoms with van der Waals surface area (Å²) >= 11 is 6.13. The van der Waals surface area contributed by atoms with Crippen LogP contribution in [0.3, 0.4) is 0 Å². The number of nitrogens with zero attached hydrogens (tertiary/aromatic N) is 3. The SMILES string of the molecule is C[C@H]1CNCCN1c1nc2c(OC(F)(F)F)c(Cl)cc(-c3ccccn3)c2o1. The minimum atomic E-state index is -4.91. The van der Waals surface area contributed by atoms with Gasteiger partial charge in [0.05, 0.1) is 10.7 Å². The number of piperazine rings is 1. The van der Waals surface area contributed by atoms with Gasteiger partial charge in [0.15, 0.2) is 16.8 Å². The highest BCUT2D eigenvalue weighted by Gasteiger charge is 2.35. The van der Waals surface area contributed by atoms with Crippen LogP contribution >= 0.6 is 11.6 Å². The maximum atomic E-state index is 12.9. The van der Waals surface area contributed by atoms with E-state index in [0.29, 0.717) is 30.9 Å². The van der Waals surface area contributed by atoms with Gasteiger partial charge in [-0.25, -0.2) is 0 Å². The first kappa shape index (κ1) is 18.8.